The van der Waals surface area contributed by atoms with Gasteiger partial charge >= 0.3 is 0 Å². The Morgan fingerprint density at radius 2 is 2.00 bits per heavy atom. The summed E-state index contributed by atoms with van der Waals surface area (Å²) in [7, 11) is -3.80. The highest BCUT2D eigenvalue weighted by molar-refractivity contribution is 7.89. The molecule has 3 heterocycles. The molecule has 3 rings (SSSR count). The van der Waals surface area contributed by atoms with Crippen molar-refractivity contribution < 1.29 is 8.42 Å². The fraction of sp³-hybridized carbons (Fsp3) is 0.286. The summed E-state index contributed by atoms with van der Waals surface area (Å²) >= 11 is 0. The van der Waals surface area contributed by atoms with Crippen LogP contribution in [-0.4, -0.2) is 29.2 Å². The van der Waals surface area contributed by atoms with E-state index in [1.807, 2.05) is 12.1 Å². The van der Waals surface area contributed by atoms with E-state index in [1.165, 1.54) is 22.8 Å². The maximum Gasteiger partial charge on any atom is 0.248 e. The Bertz CT molecular complexity index is 786. The summed E-state index contributed by atoms with van der Waals surface area (Å²) < 4.78 is 26.9. The lowest BCUT2D eigenvalue weighted by molar-refractivity contribution is 0.396. The number of H-pyrrole nitrogens is 1. The molecule has 110 valence electrons. The van der Waals surface area contributed by atoms with E-state index in [1.54, 1.807) is 12.4 Å². The van der Waals surface area contributed by atoms with Crippen molar-refractivity contribution in [1.82, 2.24) is 14.3 Å². The molecular weight excluding hydrogens is 290 g/mol. The summed E-state index contributed by atoms with van der Waals surface area (Å²) in [5, 5.41) is 0. The van der Waals surface area contributed by atoms with Gasteiger partial charge in [0.25, 0.3) is 0 Å². The van der Waals surface area contributed by atoms with Crippen LogP contribution < -0.4 is 5.43 Å². The minimum absolute atomic E-state index is 0.203. The molecule has 1 saturated heterocycles. The highest BCUT2D eigenvalue weighted by Gasteiger charge is 2.37. The molecule has 0 saturated carbocycles. The van der Waals surface area contributed by atoms with Crippen LogP contribution in [-0.2, 0) is 10.0 Å². The quantitative estimate of drug-likeness (QED) is 0.926. The fourth-order valence-corrected chi connectivity index (χ4v) is 4.40. The van der Waals surface area contributed by atoms with Crippen LogP contribution in [0.1, 0.15) is 24.4 Å². The number of aromatic nitrogens is 2. The van der Waals surface area contributed by atoms with Gasteiger partial charge in [-0.15, -0.1) is 0 Å². The summed E-state index contributed by atoms with van der Waals surface area (Å²) in [5.74, 6) is 0. The lowest BCUT2D eigenvalue weighted by Gasteiger charge is -2.23. The van der Waals surface area contributed by atoms with E-state index in [-0.39, 0.29) is 10.9 Å². The number of sulfonamides is 1. The predicted octanol–water partition coefficient (Wildman–Crippen LogP) is 1.30. The molecule has 0 aromatic carbocycles. The molecule has 1 aliphatic rings. The number of nitrogens with zero attached hydrogens (tertiary/aromatic N) is 2. The molecule has 7 heteroatoms. The highest BCUT2D eigenvalue weighted by Crippen LogP contribution is 2.35. The molecule has 0 radical (unpaired) electrons. The maximum atomic E-state index is 12.7. The second-order valence-electron chi connectivity index (χ2n) is 4.93. The zero-order valence-electron chi connectivity index (χ0n) is 11.3. The van der Waals surface area contributed by atoms with Crippen LogP contribution in [0.15, 0.2) is 52.7 Å². The van der Waals surface area contributed by atoms with Gasteiger partial charge in [-0.05, 0) is 30.5 Å². The van der Waals surface area contributed by atoms with E-state index in [4.69, 9.17) is 0 Å². The van der Waals surface area contributed by atoms with E-state index >= 15 is 0 Å². The van der Waals surface area contributed by atoms with Gasteiger partial charge in [0.15, 0.2) is 0 Å². The Balaban J connectivity index is 2.03. The molecule has 1 aliphatic heterocycles. The van der Waals surface area contributed by atoms with Gasteiger partial charge in [0.1, 0.15) is 4.90 Å². The molecule has 0 amide bonds. The average molecular weight is 305 g/mol. The van der Waals surface area contributed by atoms with Crippen LogP contribution in [0.25, 0.3) is 0 Å². The average Bonchev–Trinajstić information content (AvgIpc) is 2.99. The smallest absolute Gasteiger partial charge is 0.248 e. The molecule has 2 aromatic rings. The van der Waals surface area contributed by atoms with Gasteiger partial charge in [-0.2, -0.15) is 4.31 Å². The Hall–Kier alpha value is -1.99. The Morgan fingerprint density at radius 3 is 2.71 bits per heavy atom. The second kappa shape index (κ2) is 5.42. The number of nitrogens with one attached hydrogen (secondary N) is 1. The van der Waals surface area contributed by atoms with E-state index in [2.05, 4.69) is 9.97 Å². The third kappa shape index (κ3) is 2.50. The topological polar surface area (TPSA) is 83.1 Å². The van der Waals surface area contributed by atoms with E-state index in [9.17, 15) is 13.2 Å². The summed E-state index contributed by atoms with van der Waals surface area (Å²) in [6.07, 6.45) is 7.48. The summed E-state index contributed by atoms with van der Waals surface area (Å²) in [6, 6.07) is 4.61. The van der Waals surface area contributed by atoms with Crippen LogP contribution in [0.2, 0.25) is 0 Å². The lowest BCUT2D eigenvalue weighted by atomic mass is 10.1. The molecule has 1 unspecified atom stereocenters. The van der Waals surface area contributed by atoms with Crippen molar-refractivity contribution >= 4 is 10.0 Å². The minimum atomic E-state index is -3.80. The van der Waals surface area contributed by atoms with E-state index < -0.39 is 15.5 Å². The summed E-state index contributed by atoms with van der Waals surface area (Å²) in [6.45, 7) is 0.420. The van der Waals surface area contributed by atoms with E-state index in [0.29, 0.717) is 6.54 Å². The third-order valence-electron chi connectivity index (χ3n) is 3.67. The first kappa shape index (κ1) is 14.0. The van der Waals surface area contributed by atoms with Gasteiger partial charge in [-0.25, -0.2) is 8.42 Å². The predicted molar refractivity (Wildman–Crippen MR) is 77.2 cm³/mol. The molecular formula is C14H15N3O3S. The van der Waals surface area contributed by atoms with Crippen molar-refractivity contribution in [3.05, 3.63) is 58.8 Å². The first-order valence-electron chi connectivity index (χ1n) is 6.69. The van der Waals surface area contributed by atoms with Crippen LogP contribution in [0, 0.1) is 0 Å². The lowest BCUT2D eigenvalue weighted by Crippen LogP contribution is -2.33. The largest absolute Gasteiger partial charge is 0.366 e. The first-order chi connectivity index (χ1) is 10.1. The molecule has 0 spiro atoms. The molecule has 0 bridgehead atoms. The Morgan fingerprint density at radius 1 is 1.24 bits per heavy atom. The van der Waals surface area contributed by atoms with Gasteiger partial charge in [0.2, 0.25) is 15.5 Å². The third-order valence-corrected chi connectivity index (χ3v) is 5.60. The number of hydrogen-bond acceptors (Lipinski definition) is 4. The minimum Gasteiger partial charge on any atom is -0.366 e. The zero-order valence-corrected chi connectivity index (χ0v) is 12.1. The Kier molecular flexibility index (Phi) is 3.60. The first-order valence-corrected chi connectivity index (χ1v) is 8.13. The van der Waals surface area contributed by atoms with Crippen LogP contribution in [0.4, 0.5) is 0 Å². The second-order valence-corrected chi connectivity index (χ2v) is 6.79. The summed E-state index contributed by atoms with van der Waals surface area (Å²) in [4.78, 5) is 18.3. The maximum absolute atomic E-state index is 12.7. The fourth-order valence-electron chi connectivity index (χ4n) is 2.68. The summed E-state index contributed by atoms with van der Waals surface area (Å²) in [5.41, 5.74) is 0.410. The van der Waals surface area contributed by atoms with Gasteiger partial charge in [-0.3, -0.25) is 9.78 Å². The highest BCUT2D eigenvalue weighted by atomic mass is 32.2. The van der Waals surface area contributed by atoms with Crippen molar-refractivity contribution in [1.29, 1.82) is 0 Å². The number of aromatic amines is 1. The van der Waals surface area contributed by atoms with Crippen LogP contribution in [0.5, 0.6) is 0 Å². The van der Waals surface area contributed by atoms with Crippen molar-refractivity contribution in [3.63, 3.8) is 0 Å². The molecule has 2 aromatic heterocycles. The van der Waals surface area contributed by atoms with Gasteiger partial charge in [-0.1, -0.05) is 0 Å². The van der Waals surface area contributed by atoms with Crippen LogP contribution >= 0.6 is 0 Å². The van der Waals surface area contributed by atoms with Gasteiger partial charge in [0.05, 0.1) is 6.04 Å². The normalized spacial score (nSPS) is 19.7. The number of rotatable bonds is 3. The van der Waals surface area contributed by atoms with Crippen LogP contribution in [0.3, 0.4) is 0 Å². The Labute approximate surface area is 122 Å². The van der Waals surface area contributed by atoms with E-state index in [0.717, 1.165) is 18.4 Å². The number of pyridine rings is 2. The standard InChI is InChI=1S/C14H15N3O3S/c18-13-5-8-16-10-14(13)21(19,20)17-9-1-2-12(17)11-3-6-15-7-4-11/h3-8,10,12H,1-2,9H2,(H,16,18). The molecule has 6 nitrogen and oxygen atoms in total. The van der Waals surface area contributed by atoms with Crippen molar-refractivity contribution in [3.8, 4) is 0 Å². The molecule has 21 heavy (non-hydrogen) atoms. The SMILES string of the molecule is O=c1cc[nH]cc1S(=O)(=O)N1CCCC1c1ccncc1. The van der Waals surface area contributed by atoms with Gasteiger partial charge < -0.3 is 4.98 Å². The van der Waals surface area contributed by atoms with Gasteiger partial charge in [0, 0.05) is 37.4 Å². The van der Waals surface area contributed by atoms with Crippen molar-refractivity contribution in [2.24, 2.45) is 0 Å². The molecule has 1 N–H and O–H groups in total. The zero-order chi connectivity index (χ0) is 14.9. The van der Waals surface area contributed by atoms with Crippen molar-refractivity contribution in [2.45, 2.75) is 23.8 Å². The molecule has 0 aliphatic carbocycles. The monoisotopic (exact) mass is 305 g/mol. The molecule has 1 atom stereocenters. The van der Waals surface area contributed by atoms with Crippen molar-refractivity contribution in [2.75, 3.05) is 6.54 Å². The number of hydrogen-bond donors (Lipinski definition) is 1. The molecule has 1 fully saturated rings.